The SMILES string of the molecule is CC(C)c1ccc(-n2cc(-c3ccc(C(=O)NCc4ccco4)cn3)cn2)cc1. The number of rotatable bonds is 6. The minimum Gasteiger partial charge on any atom is -0.467 e. The van der Waals surface area contributed by atoms with Crippen LogP contribution in [0.2, 0.25) is 0 Å². The zero-order chi connectivity index (χ0) is 20.2. The topological polar surface area (TPSA) is 73.0 Å². The molecule has 0 radical (unpaired) electrons. The summed E-state index contributed by atoms with van der Waals surface area (Å²) in [5.41, 5.74) is 4.44. The van der Waals surface area contributed by atoms with Gasteiger partial charge in [-0.25, -0.2) is 4.68 Å². The van der Waals surface area contributed by atoms with E-state index in [0.717, 1.165) is 16.9 Å². The summed E-state index contributed by atoms with van der Waals surface area (Å²) in [6, 6.07) is 15.6. The lowest BCUT2D eigenvalue weighted by Crippen LogP contribution is -2.22. The number of hydrogen-bond acceptors (Lipinski definition) is 4. The van der Waals surface area contributed by atoms with Crippen LogP contribution in [0.15, 0.2) is 77.8 Å². The molecule has 0 aliphatic heterocycles. The number of benzene rings is 1. The normalized spacial score (nSPS) is 11.0. The Morgan fingerprint density at radius 2 is 1.93 bits per heavy atom. The van der Waals surface area contributed by atoms with E-state index in [1.807, 2.05) is 23.0 Å². The molecule has 146 valence electrons. The number of nitrogens with zero attached hydrogens (tertiary/aromatic N) is 3. The van der Waals surface area contributed by atoms with E-state index in [1.54, 1.807) is 30.8 Å². The Morgan fingerprint density at radius 3 is 2.59 bits per heavy atom. The molecule has 3 aromatic heterocycles. The maximum absolute atomic E-state index is 12.2. The van der Waals surface area contributed by atoms with Gasteiger partial charge in [0, 0.05) is 18.0 Å². The summed E-state index contributed by atoms with van der Waals surface area (Å²) < 4.78 is 7.04. The van der Waals surface area contributed by atoms with E-state index < -0.39 is 0 Å². The molecule has 1 N–H and O–H groups in total. The predicted molar refractivity (Wildman–Crippen MR) is 111 cm³/mol. The minimum absolute atomic E-state index is 0.193. The van der Waals surface area contributed by atoms with E-state index in [-0.39, 0.29) is 5.91 Å². The van der Waals surface area contributed by atoms with Crippen molar-refractivity contribution in [2.24, 2.45) is 0 Å². The molecule has 0 saturated heterocycles. The lowest BCUT2D eigenvalue weighted by molar-refractivity contribution is 0.0947. The van der Waals surface area contributed by atoms with Gasteiger partial charge in [0.15, 0.2) is 0 Å². The molecule has 0 fully saturated rings. The summed E-state index contributed by atoms with van der Waals surface area (Å²) in [5.74, 6) is 1.01. The number of carbonyl (C=O) groups is 1. The second-order valence-corrected chi connectivity index (χ2v) is 7.11. The second kappa shape index (κ2) is 8.14. The monoisotopic (exact) mass is 386 g/mol. The first-order valence-electron chi connectivity index (χ1n) is 9.52. The van der Waals surface area contributed by atoms with Gasteiger partial charge in [0.05, 0.1) is 35.9 Å². The van der Waals surface area contributed by atoms with Gasteiger partial charge < -0.3 is 9.73 Å². The number of carbonyl (C=O) groups excluding carboxylic acids is 1. The second-order valence-electron chi connectivity index (χ2n) is 7.11. The largest absolute Gasteiger partial charge is 0.467 e. The van der Waals surface area contributed by atoms with E-state index >= 15 is 0 Å². The molecule has 6 nitrogen and oxygen atoms in total. The van der Waals surface area contributed by atoms with Crippen molar-refractivity contribution in [2.45, 2.75) is 26.3 Å². The highest BCUT2D eigenvalue weighted by molar-refractivity contribution is 5.94. The summed E-state index contributed by atoms with van der Waals surface area (Å²) in [7, 11) is 0. The fraction of sp³-hybridized carbons (Fsp3) is 0.174. The van der Waals surface area contributed by atoms with Crippen LogP contribution in [-0.4, -0.2) is 20.7 Å². The smallest absolute Gasteiger partial charge is 0.253 e. The summed E-state index contributed by atoms with van der Waals surface area (Å²) in [5, 5.41) is 7.25. The maximum Gasteiger partial charge on any atom is 0.253 e. The zero-order valence-electron chi connectivity index (χ0n) is 16.4. The molecule has 1 amide bonds. The van der Waals surface area contributed by atoms with E-state index in [9.17, 15) is 4.79 Å². The van der Waals surface area contributed by atoms with Gasteiger partial charge in [-0.3, -0.25) is 9.78 Å². The molecule has 0 aliphatic rings. The molecule has 0 bridgehead atoms. The van der Waals surface area contributed by atoms with Gasteiger partial charge in [-0.05, 0) is 47.9 Å². The third-order valence-electron chi connectivity index (χ3n) is 4.73. The molecular formula is C23H22N4O2. The highest BCUT2D eigenvalue weighted by Gasteiger charge is 2.09. The number of pyridine rings is 1. The summed E-state index contributed by atoms with van der Waals surface area (Å²) in [4.78, 5) is 16.7. The van der Waals surface area contributed by atoms with Crippen LogP contribution in [0, 0.1) is 0 Å². The van der Waals surface area contributed by atoms with Crippen LogP contribution in [0.1, 0.15) is 41.4 Å². The van der Waals surface area contributed by atoms with Crippen molar-refractivity contribution in [1.82, 2.24) is 20.1 Å². The average Bonchev–Trinajstić information content (AvgIpc) is 3.44. The fourth-order valence-corrected chi connectivity index (χ4v) is 2.99. The van der Waals surface area contributed by atoms with Crippen LogP contribution in [0.4, 0.5) is 0 Å². The van der Waals surface area contributed by atoms with Crippen molar-refractivity contribution in [3.05, 3.63) is 90.3 Å². The van der Waals surface area contributed by atoms with Gasteiger partial charge in [-0.15, -0.1) is 0 Å². The maximum atomic E-state index is 12.2. The van der Waals surface area contributed by atoms with E-state index in [2.05, 4.69) is 53.5 Å². The molecule has 3 heterocycles. The number of nitrogens with one attached hydrogen (secondary N) is 1. The molecule has 0 aliphatic carbocycles. The van der Waals surface area contributed by atoms with Crippen molar-refractivity contribution < 1.29 is 9.21 Å². The molecular weight excluding hydrogens is 364 g/mol. The van der Waals surface area contributed by atoms with Gasteiger partial charge in [-0.2, -0.15) is 5.10 Å². The van der Waals surface area contributed by atoms with Gasteiger partial charge >= 0.3 is 0 Å². The highest BCUT2D eigenvalue weighted by Crippen LogP contribution is 2.20. The summed E-state index contributed by atoms with van der Waals surface area (Å²) in [6.07, 6.45) is 6.86. The van der Waals surface area contributed by atoms with Gasteiger partial charge in [0.25, 0.3) is 5.91 Å². The van der Waals surface area contributed by atoms with E-state index in [1.165, 1.54) is 5.56 Å². The molecule has 0 atom stereocenters. The summed E-state index contributed by atoms with van der Waals surface area (Å²) in [6.45, 7) is 4.69. The van der Waals surface area contributed by atoms with Crippen molar-refractivity contribution in [3.63, 3.8) is 0 Å². The van der Waals surface area contributed by atoms with Crippen molar-refractivity contribution in [1.29, 1.82) is 0 Å². The number of amides is 1. The van der Waals surface area contributed by atoms with Gasteiger partial charge in [0.1, 0.15) is 5.76 Å². The molecule has 0 saturated carbocycles. The quantitative estimate of drug-likeness (QED) is 0.526. The number of aromatic nitrogens is 3. The first kappa shape index (κ1) is 18.7. The van der Waals surface area contributed by atoms with Crippen LogP contribution in [0.3, 0.4) is 0 Å². The van der Waals surface area contributed by atoms with Crippen LogP contribution >= 0.6 is 0 Å². The van der Waals surface area contributed by atoms with Crippen LogP contribution in [0.5, 0.6) is 0 Å². The summed E-state index contributed by atoms with van der Waals surface area (Å²) >= 11 is 0. The van der Waals surface area contributed by atoms with Crippen LogP contribution in [0.25, 0.3) is 16.9 Å². The lowest BCUT2D eigenvalue weighted by Gasteiger charge is -2.06. The fourth-order valence-electron chi connectivity index (χ4n) is 2.99. The first-order valence-corrected chi connectivity index (χ1v) is 9.52. The Bertz CT molecular complexity index is 1080. The molecule has 29 heavy (non-hydrogen) atoms. The molecule has 0 spiro atoms. The molecule has 4 aromatic rings. The first-order chi connectivity index (χ1) is 14.1. The third-order valence-corrected chi connectivity index (χ3v) is 4.73. The lowest BCUT2D eigenvalue weighted by atomic mass is 10.0. The van der Waals surface area contributed by atoms with Crippen molar-refractivity contribution in [3.8, 4) is 16.9 Å². The molecule has 6 heteroatoms. The van der Waals surface area contributed by atoms with Crippen LogP contribution in [-0.2, 0) is 6.54 Å². The third kappa shape index (κ3) is 4.27. The van der Waals surface area contributed by atoms with Gasteiger partial charge in [-0.1, -0.05) is 26.0 Å². The molecule has 4 rings (SSSR count). The van der Waals surface area contributed by atoms with E-state index in [4.69, 9.17) is 4.42 Å². The average molecular weight is 386 g/mol. The Labute approximate surface area is 169 Å². The zero-order valence-corrected chi connectivity index (χ0v) is 16.4. The molecule has 1 aromatic carbocycles. The number of furan rings is 1. The molecule has 0 unspecified atom stereocenters. The van der Waals surface area contributed by atoms with Crippen LogP contribution < -0.4 is 5.32 Å². The Morgan fingerprint density at radius 1 is 1.10 bits per heavy atom. The Balaban J connectivity index is 1.44. The van der Waals surface area contributed by atoms with Crippen molar-refractivity contribution >= 4 is 5.91 Å². The standard InChI is InChI=1S/C23H22N4O2/c1-16(2)17-5-8-20(9-6-17)27-15-19(13-26-27)22-10-7-18(12-24-22)23(28)25-14-21-4-3-11-29-21/h3-13,15-16H,14H2,1-2H3,(H,25,28). The van der Waals surface area contributed by atoms with E-state index in [0.29, 0.717) is 23.8 Å². The Hall–Kier alpha value is -3.67. The highest BCUT2D eigenvalue weighted by atomic mass is 16.3. The van der Waals surface area contributed by atoms with Crippen molar-refractivity contribution in [2.75, 3.05) is 0 Å². The predicted octanol–water partition coefficient (Wildman–Crippen LogP) is 4.58. The Kier molecular flexibility index (Phi) is 5.24. The minimum atomic E-state index is -0.193. The number of hydrogen-bond donors (Lipinski definition) is 1. The van der Waals surface area contributed by atoms with Gasteiger partial charge in [0.2, 0.25) is 0 Å².